The van der Waals surface area contributed by atoms with Crippen molar-refractivity contribution in [2.45, 2.75) is 58.8 Å². The Morgan fingerprint density at radius 1 is 1.22 bits per heavy atom. The summed E-state index contributed by atoms with van der Waals surface area (Å²) >= 11 is 0. The molecule has 3 fully saturated rings. The maximum Gasteiger partial charge on any atom is 0.235 e. The Morgan fingerprint density at radius 2 is 2.07 bits per heavy atom. The van der Waals surface area contributed by atoms with Crippen LogP contribution in [0.25, 0.3) is 0 Å². The van der Waals surface area contributed by atoms with Crippen LogP contribution in [0.3, 0.4) is 0 Å². The zero-order valence-corrected chi connectivity index (χ0v) is 16.3. The number of nitrogens with one attached hydrogen (secondary N) is 1. The third-order valence-corrected chi connectivity index (χ3v) is 8.67. The SMILES string of the molecule is C[C@]12CC[C@H]3[C@@H](CC=C4NC(=O)CC[C@@]43C)[C@@H]1CC[C@@H]2C(=O)n1ccnc1. The summed E-state index contributed by atoms with van der Waals surface area (Å²) in [7, 11) is 0. The number of amides is 1. The molecule has 1 aromatic rings. The average molecular weight is 367 g/mol. The van der Waals surface area contributed by atoms with Gasteiger partial charge in [0, 0.05) is 35.8 Å². The van der Waals surface area contributed by atoms with Crippen LogP contribution < -0.4 is 5.32 Å². The number of carbonyl (C=O) groups excluding carboxylic acids is 2. The largest absolute Gasteiger partial charge is 0.330 e. The Balaban J connectivity index is 1.45. The molecule has 0 radical (unpaired) electrons. The molecule has 6 atom stereocenters. The van der Waals surface area contributed by atoms with Gasteiger partial charge in [0.15, 0.2) is 0 Å². The van der Waals surface area contributed by atoms with Crippen molar-refractivity contribution in [1.29, 1.82) is 0 Å². The number of rotatable bonds is 1. The van der Waals surface area contributed by atoms with Crippen LogP contribution >= 0.6 is 0 Å². The lowest BCUT2D eigenvalue weighted by atomic mass is 9.49. The lowest BCUT2D eigenvalue weighted by Crippen LogP contribution is -2.53. The predicted molar refractivity (Wildman–Crippen MR) is 102 cm³/mol. The van der Waals surface area contributed by atoms with E-state index in [0.717, 1.165) is 38.5 Å². The van der Waals surface area contributed by atoms with Crippen molar-refractivity contribution < 1.29 is 9.59 Å². The zero-order valence-electron chi connectivity index (χ0n) is 16.3. The van der Waals surface area contributed by atoms with E-state index in [4.69, 9.17) is 0 Å². The van der Waals surface area contributed by atoms with Crippen molar-refractivity contribution in [2.24, 2.45) is 34.5 Å². The monoisotopic (exact) mass is 367 g/mol. The molecule has 1 amide bonds. The van der Waals surface area contributed by atoms with Gasteiger partial charge in [-0.3, -0.25) is 14.2 Å². The number of carbonyl (C=O) groups is 2. The summed E-state index contributed by atoms with van der Waals surface area (Å²) in [6.45, 7) is 4.73. The number of hydrogen-bond acceptors (Lipinski definition) is 3. The van der Waals surface area contributed by atoms with E-state index in [0.29, 0.717) is 24.2 Å². The van der Waals surface area contributed by atoms with E-state index >= 15 is 0 Å². The molecule has 5 heteroatoms. The Bertz CT molecular complexity index is 814. The van der Waals surface area contributed by atoms with E-state index in [1.807, 2.05) is 0 Å². The molecule has 4 aliphatic rings. The van der Waals surface area contributed by atoms with Crippen molar-refractivity contribution >= 4 is 11.8 Å². The number of nitrogens with zero attached hydrogens (tertiary/aromatic N) is 2. The second-order valence-electron chi connectivity index (χ2n) is 9.68. The molecule has 144 valence electrons. The number of allylic oxidation sites excluding steroid dienone is 2. The molecule has 0 spiro atoms. The molecule has 5 rings (SSSR count). The summed E-state index contributed by atoms with van der Waals surface area (Å²) < 4.78 is 1.68. The average Bonchev–Trinajstić information content (AvgIpc) is 3.29. The second kappa shape index (κ2) is 5.79. The molecule has 2 saturated carbocycles. The maximum atomic E-state index is 13.1. The first-order valence-electron chi connectivity index (χ1n) is 10.5. The molecule has 0 bridgehead atoms. The first-order valence-corrected chi connectivity index (χ1v) is 10.5. The van der Waals surface area contributed by atoms with Crippen molar-refractivity contribution in [3.63, 3.8) is 0 Å². The van der Waals surface area contributed by atoms with Gasteiger partial charge in [0.05, 0.1) is 0 Å². The summed E-state index contributed by atoms with van der Waals surface area (Å²) in [5, 5.41) is 3.16. The van der Waals surface area contributed by atoms with Crippen molar-refractivity contribution in [3.05, 3.63) is 30.5 Å². The normalized spacial score (nSPS) is 43.2. The van der Waals surface area contributed by atoms with Gasteiger partial charge in [-0.15, -0.1) is 0 Å². The van der Waals surface area contributed by atoms with E-state index in [1.54, 1.807) is 23.3 Å². The Labute approximate surface area is 160 Å². The van der Waals surface area contributed by atoms with Crippen LogP contribution in [-0.4, -0.2) is 21.4 Å². The summed E-state index contributed by atoms with van der Waals surface area (Å²) in [4.78, 5) is 29.1. The van der Waals surface area contributed by atoms with Crippen LogP contribution in [-0.2, 0) is 4.79 Å². The Morgan fingerprint density at radius 3 is 2.85 bits per heavy atom. The molecule has 5 nitrogen and oxygen atoms in total. The quantitative estimate of drug-likeness (QED) is 0.821. The molecule has 1 saturated heterocycles. The van der Waals surface area contributed by atoms with Gasteiger partial charge in [0.25, 0.3) is 0 Å². The van der Waals surface area contributed by atoms with Gasteiger partial charge in [-0.05, 0) is 61.7 Å². The molecular weight excluding hydrogens is 338 g/mol. The molecule has 27 heavy (non-hydrogen) atoms. The smallest absolute Gasteiger partial charge is 0.235 e. The summed E-state index contributed by atoms with van der Waals surface area (Å²) in [5.74, 6) is 2.35. The van der Waals surface area contributed by atoms with Crippen LogP contribution in [0.15, 0.2) is 30.5 Å². The fraction of sp³-hybridized carbons (Fsp3) is 0.682. The van der Waals surface area contributed by atoms with Gasteiger partial charge in [0.1, 0.15) is 6.33 Å². The maximum absolute atomic E-state index is 13.1. The number of piperidine rings is 1. The van der Waals surface area contributed by atoms with E-state index < -0.39 is 0 Å². The lowest BCUT2D eigenvalue weighted by molar-refractivity contribution is -0.125. The third-order valence-electron chi connectivity index (χ3n) is 8.67. The highest BCUT2D eigenvalue weighted by atomic mass is 16.2. The Hall–Kier alpha value is -1.91. The molecule has 0 unspecified atom stereocenters. The van der Waals surface area contributed by atoms with E-state index in [9.17, 15) is 9.59 Å². The molecule has 2 heterocycles. The van der Waals surface area contributed by atoms with Gasteiger partial charge in [-0.2, -0.15) is 0 Å². The lowest BCUT2D eigenvalue weighted by Gasteiger charge is -2.57. The van der Waals surface area contributed by atoms with E-state index in [2.05, 4.69) is 30.2 Å². The highest BCUT2D eigenvalue weighted by molar-refractivity contribution is 5.82. The fourth-order valence-electron chi connectivity index (χ4n) is 7.17. The first kappa shape index (κ1) is 17.2. The summed E-state index contributed by atoms with van der Waals surface area (Å²) in [6.07, 6.45) is 14.5. The fourth-order valence-corrected chi connectivity index (χ4v) is 7.17. The van der Waals surface area contributed by atoms with Crippen LogP contribution in [0.1, 0.15) is 63.6 Å². The second-order valence-corrected chi connectivity index (χ2v) is 9.68. The van der Waals surface area contributed by atoms with Crippen molar-refractivity contribution in [3.8, 4) is 0 Å². The van der Waals surface area contributed by atoms with Gasteiger partial charge in [-0.1, -0.05) is 19.9 Å². The van der Waals surface area contributed by atoms with Crippen LogP contribution in [0, 0.1) is 34.5 Å². The number of fused-ring (bicyclic) bond motifs is 5. The van der Waals surface area contributed by atoms with Crippen molar-refractivity contribution in [2.75, 3.05) is 0 Å². The minimum atomic E-state index is 0.0855. The van der Waals surface area contributed by atoms with Crippen molar-refractivity contribution in [1.82, 2.24) is 14.9 Å². The topological polar surface area (TPSA) is 64.0 Å². The van der Waals surface area contributed by atoms with Gasteiger partial charge >= 0.3 is 0 Å². The molecule has 3 aliphatic carbocycles. The van der Waals surface area contributed by atoms with Crippen LogP contribution in [0.2, 0.25) is 0 Å². The number of aromatic nitrogens is 2. The minimum Gasteiger partial charge on any atom is -0.330 e. The number of imidazole rings is 1. The van der Waals surface area contributed by atoms with Gasteiger partial charge in [-0.25, -0.2) is 4.98 Å². The number of hydrogen-bond donors (Lipinski definition) is 1. The molecular formula is C22H29N3O2. The zero-order chi connectivity index (χ0) is 18.8. The molecule has 0 aromatic carbocycles. The highest BCUT2D eigenvalue weighted by Gasteiger charge is 2.60. The minimum absolute atomic E-state index is 0.0855. The molecule has 1 N–H and O–H groups in total. The standard InChI is InChI=1S/C22H29N3O2/c1-21-9-7-16-14(3-6-18-22(16,2)10-8-19(26)24-18)15(21)4-5-17(21)20(27)25-12-11-23-13-25/h6,11-17H,3-5,7-10H2,1-2H3,(H,24,26)/t14-,15-,16-,17+,21-,22+/m0/s1. The van der Waals surface area contributed by atoms with Gasteiger partial charge in [0.2, 0.25) is 11.8 Å². The van der Waals surface area contributed by atoms with E-state index in [1.165, 1.54) is 5.70 Å². The Kier molecular flexibility index (Phi) is 3.69. The summed E-state index contributed by atoms with van der Waals surface area (Å²) in [6, 6.07) is 0. The van der Waals surface area contributed by atoms with Gasteiger partial charge < -0.3 is 5.32 Å². The predicted octanol–water partition coefficient (Wildman–Crippen LogP) is 3.79. The third kappa shape index (κ3) is 2.33. The van der Waals surface area contributed by atoms with E-state index in [-0.39, 0.29) is 28.6 Å². The van der Waals surface area contributed by atoms with Crippen LogP contribution in [0.5, 0.6) is 0 Å². The first-order chi connectivity index (χ1) is 12.9. The molecule has 1 aliphatic heterocycles. The summed E-state index contributed by atoms with van der Waals surface area (Å²) in [5.41, 5.74) is 1.36. The highest BCUT2D eigenvalue weighted by Crippen LogP contribution is 2.65. The molecule has 1 aromatic heterocycles. The van der Waals surface area contributed by atoms with Crippen LogP contribution in [0.4, 0.5) is 0 Å².